The number of nitrogens with zero attached hydrogens (tertiary/aromatic N) is 1. The molecule has 2 N–H and O–H groups in total. The zero-order valence-corrected chi connectivity index (χ0v) is 13.7. The molecule has 1 aromatic carbocycles. The van der Waals surface area contributed by atoms with Crippen molar-refractivity contribution >= 4 is 11.6 Å². The molecule has 0 saturated heterocycles. The Morgan fingerprint density at radius 1 is 1.33 bits per heavy atom. The lowest BCUT2D eigenvalue weighted by Gasteiger charge is -2.39. The molecule has 0 heterocycles. The van der Waals surface area contributed by atoms with E-state index in [0.717, 1.165) is 11.5 Å². The molecule has 0 amide bonds. The molecule has 1 aliphatic carbocycles. The first-order valence-electron chi connectivity index (χ1n) is 7.93. The van der Waals surface area contributed by atoms with Gasteiger partial charge in [0.25, 0.3) is 0 Å². The van der Waals surface area contributed by atoms with E-state index in [1.807, 2.05) is 0 Å². The molecule has 0 bridgehead atoms. The van der Waals surface area contributed by atoms with E-state index in [-0.39, 0.29) is 11.9 Å². The third-order valence-corrected chi connectivity index (χ3v) is 5.33. The molecular weight excluding hydrogens is 287 g/mol. The van der Waals surface area contributed by atoms with Crippen LogP contribution in [0.2, 0.25) is 5.02 Å². The van der Waals surface area contributed by atoms with E-state index in [2.05, 4.69) is 18.9 Å². The number of likely N-dealkylation sites (N-methyl/N-ethyl adjacent to an activating group) is 1. The van der Waals surface area contributed by atoms with Gasteiger partial charge in [0.1, 0.15) is 5.82 Å². The fourth-order valence-corrected chi connectivity index (χ4v) is 3.79. The van der Waals surface area contributed by atoms with Crippen LogP contribution in [0.15, 0.2) is 18.2 Å². The van der Waals surface area contributed by atoms with Crippen LogP contribution in [0.3, 0.4) is 0 Å². The van der Waals surface area contributed by atoms with Crippen molar-refractivity contribution in [3.63, 3.8) is 0 Å². The van der Waals surface area contributed by atoms with Gasteiger partial charge >= 0.3 is 0 Å². The highest BCUT2D eigenvalue weighted by Crippen LogP contribution is 2.34. The number of nitrogens with two attached hydrogens (primary N) is 1. The SMILES string of the molecule is CCC1CCC(N(C)C(CN)c2ccc(F)cc2Cl)CC1. The Morgan fingerprint density at radius 3 is 2.52 bits per heavy atom. The lowest BCUT2D eigenvalue weighted by atomic mass is 9.83. The van der Waals surface area contributed by atoms with Crippen LogP contribution in [-0.4, -0.2) is 24.5 Å². The smallest absolute Gasteiger partial charge is 0.124 e. The van der Waals surface area contributed by atoms with Crippen molar-refractivity contribution in [2.45, 2.75) is 51.1 Å². The second-order valence-electron chi connectivity index (χ2n) is 6.17. The topological polar surface area (TPSA) is 29.3 Å². The summed E-state index contributed by atoms with van der Waals surface area (Å²) in [4.78, 5) is 2.34. The van der Waals surface area contributed by atoms with Crippen LogP contribution in [0.25, 0.3) is 0 Å². The highest BCUT2D eigenvalue weighted by atomic mass is 35.5. The molecule has 0 aliphatic heterocycles. The summed E-state index contributed by atoms with van der Waals surface area (Å²) in [5, 5.41) is 0.472. The van der Waals surface area contributed by atoms with E-state index in [9.17, 15) is 4.39 Å². The molecule has 1 aromatic rings. The summed E-state index contributed by atoms with van der Waals surface area (Å²) in [5.41, 5.74) is 6.91. The number of halogens is 2. The van der Waals surface area contributed by atoms with Gasteiger partial charge in [-0.15, -0.1) is 0 Å². The molecular formula is C17H26ClFN2. The third-order valence-electron chi connectivity index (χ3n) is 5.01. The van der Waals surface area contributed by atoms with Crippen LogP contribution in [0.5, 0.6) is 0 Å². The molecule has 1 atom stereocenters. The summed E-state index contributed by atoms with van der Waals surface area (Å²) in [7, 11) is 2.12. The average Bonchev–Trinajstić information content (AvgIpc) is 2.50. The molecule has 1 aliphatic rings. The van der Waals surface area contributed by atoms with Crippen LogP contribution in [0.1, 0.15) is 50.6 Å². The fourth-order valence-electron chi connectivity index (χ4n) is 3.50. The Morgan fingerprint density at radius 2 is 2.00 bits per heavy atom. The Kier molecular flexibility index (Phi) is 6.03. The van der Waals surface area contributed by atoms with Crippen LogP contribution in [0.4, 0.5) is 4.39 Å². The second-order valence-corrected chi connectivity index (χ2v) is 6.57. The quantitative estimate of drug-likeness (QED) is 0.874. The van der Waals surface area contributed by atoms with Crippen molar-refractivity contribution in [3.05, 3.63) is 34.6 Å². The Hall–Kier alpha value is -0.640. The molecule has 4 heteroatoms. The minimum atomic E-state index is -0.300. The van der Waals surface area contributed by atoms with Crippen molar-refractivity contribution < 1.29 is 4.39 Å². The number of rotatable bonds is 5. The predicted molar refractivity (Wildman–Crippen MR) is 87.0 cm³/mol. The first-order valence-corrected chi connectivity index (χ1v) is 8.31. The van der Waals surface area contributed by atoms with E-state index in [0.29, 0.717) is 17.6 Å². The molecule has 21 heavy (non-hydrogen) atoms. The van der Waals surface area contributed by atoms with Gasteiger partial charge in [0.05, 0.1) is 0 Å². The number of hydrogen-bond donors (Lipinski definition) is 1. The van der Waals surface area contributed by atoms with E-state index in [4.69, 9.17) is 17.3 Å². The Bertz CT molecular complexity index is 458. The summed E-state index contributed by atoms with van der Waals surface area (Å²) in [6.07, 6.45) is 6.29. The standard InChI is InChI=1S/C17H26ClFN2/c1-3-12-4-7-14(8-5-12)21(2)17(11-20)15-9-6-13(19)10-16(15)18/h6,9-10,12,14,17H,3-5,7-8,11,20H2,1-2H3. The van der Waals surface area contributed by atoms with Gasteiger partial charge in [-0.2, -0.15) is 0 Å². The van der Waals surface area contributed by atoms with Crippen molar-refractivity contribution in [1.29, 1.82) is 0 Å². The second kappa shape index (κ2) is 7.57. The van der Waals surface area contributed by atoms with Gasteiger partial charge in [0.2, 0.25) is 0 Å². The highest BCUT2D eigenvalue weighted by Gasteiger charge is 2.28. The summed E-state index contributed by atoms with van der Waals surface area (Å²) in [5.74, 6) is 0.575. The molecule has 1 fully saturated rings. The lowest BCUT2D eigenvalue weighted by molar-refractivity contribution is 0.122. The van der Waals surface area contributed by atoms with E-state index in [1.165, 1.54) is 44.2 Å². The van der Waals surface area contributed by atoms with Crippen molar-refractivity contribution in [2.24, 2.45) is 11.7 Å². The van der Waals surface area contributed by atoms with Gasteiger partial charge in [0.15, 0.2) is 0 Å². The average molecular weight is 313 g/mol. The van der Waals surface area contributed by atoms with Crippen molar-refractivity contribution in [1.82, 2.24) is 4.90 Å². The van der Waals surface area contributed by atoms with Crippen molar-refractivity contribution in [2.75, 3.05) is 13.6 Å². The first kappa shape index (κ1) is 16.7. The molecule has 0 aromatic heterocycles. The molecule has 1 unspecified atom stereocenters. The monoisotopic (exact) mass is 312 g/mol. The zero-order chi connectivity index (χ0) is 15.4. The number of hydrogen-bond acceptors (Lipinski definition) is 2. The van der Waals surface area contributed by atoms with E-state index < -0.39 is 0 Å². The van der Waals surface area contributed by atoms with Gasteiger partial charge in [-0.25, -0.2) is 4.39 Å². The predicted octanol–water partition coefficient (Wildman–Crippen LogP) is 4.38. The maximum absolute atomic E-state index is 13.2. The maximum Gasteiger partial charge on any atom is 0.124 e. The van der Waals surface area contributed by atoms with Gasteiger partial charge < -0.3 is 5.73 Å². The molecule has 2 nitrogen and oxygen atoms in total. The summed E-state index contributed by atoms with van der Waals surface area (Å²) < 4.78 is 13.2. The van der Waals surface area contributed by atoms with Gasteiger partial charge in [-0.3, -0.25) is 4.90 Å². The largest absolute Gasteiger partial charge is 0.329 e. The minimum Gasteiger partial charge on any atom is -0.329 e. The van der Waals surface area contributed by atoms with Crippen LogP contribution in [-0.2, 0) is 0 Å². The molecule has 118 valence electrons. The summed E-state index contributed by atoms with van der Waals surface area (Å²) in [6, 6.07) is 5.21. The normalized spacial score (nSPS) is 24.3. The summed E-state index contributed by atoms with van der Waals surface area (Å²) >= 11 is 6.21. The van der Waals surface area contributed by atoms with Crippen LogP contribution >= 0.6 is 11.6 Å². The van der Waals surface area contributed by atoms with Crippen molar-refractivity contribution in [3.8, 4) is 0 Å². The molecule has 0 spiro atoms. The first-order chi connectivity index (χ1) is 10.1. The fraction of sp³-hybridized carbons (Fsp3) is 0.647. The maximum atomic E-state index is 13.2. The molecule has 0 radical (unpaired) electrons. The third kappa shape index (κ3) is 3.97. The molecule has 1 saturated carbocycles. The zero-order valence-electron chi connectivity index (χ0n) is 13.0. The Labute approximate surface area is 132 Å². The van der Waals surface area contributed by atoms with E-state index in [1.54, 1.807) is 6.07 Å². The Balaban J connectivity index is 2.10. The lowest BCUT2D eigenvalue weighted by Crippen LogP contribution is -2.40. The van der Waals surface area contributed by atoms with Gasteiger partial charge in [-0.05, 0) is 56.3 Å². The van der Waals surface area contributed by atoms with E-state index >= 15 is 0 Å². The van der Waals surface area contributed by atoms with Crippen LogP contribution in [0, 0.1) is 11.7 Å². The highest BCUT2D eigenvalue weighted by molar-refractivity contribution is 6.31. The number of benzene rings is 1. The summed E-state index contributed by atoms with van der Waals surface area (Å²) in [6.45, 7) is 2.77. The minimum absolute atomic E-state index is 0.0567. The van der Waals surface area contributed by atoms with Crippen LogP contribution < -0.4 is 5.73 Å². The van der Waals surface area contributed by atoms with Gasteiger partial charge in [0, 0.05) is 23.7 Å². The molecule has 2 rings (SSSR count). The van der Waals surface area contributed by atoms with Gasteiger partial charge in [-0.1, -0.05) is 31.0 Å².